The molecule has 0 spiro atoms. The summed E-state index contributed by atoms with van der Waals surface area (Å²) in [5.41, 5.74) is 1.62. The number of halogens is 1. The van der Waals surface area contributed by atoms with Crippen molar-refractivity contribution in [3.63, 3.8) is 0 Å². The van der Waals surface area contributed by atoms with Crippen LogP contribution >= 0.6 is 11.6 Å². The number of piperazine rings is 1. The molecule has 4 heterocycles. The van der Waals surface area contributed by atoms with Crippen molar-refractivity contribution in [3.8, 4) is 11.6 Å². The number of anilines is 1. The number of nitrogens with zero attached hydrogens (tertiary/aromatic N) is 6. The lowest BCUT2D eigenvalue weighted by Crippen LogP contribution is -2.49. The number of hydrogen-bond acceptors (Lipinski definition) is 6. The van der Waals surface area contributed by atoms with E-state index in [0.29, 0.717) is 54.9 Å². The highest BCUT2D eigenvalue weighted by Gasteiger charge is 2.23. The number of rotatable bonds is 4. The van der Waals surface area contributed by atoms with E-state index in [-0.39, 0.29) is 5.91 Å². The van der Waals surface area contributed by atoms with Crippen molar-refractivity contribution >= 4 is 29.0 Å². The number of furan rings is 1. The smallest absolute Gasteiger partial charge is 0.227 e. The fourth-order valence-corrected chi connectivity index (χ4v) is 3.71. The maximum atomic E-state index is 12.6. The summed E-state index contributed by atoms with van der Waals surface area (Å²) >= 11 is 5.92. The Bertz CT molecular complexity index is 1160. The van der Waals surface area contributed by atoms with Gasteiger partial charge in [0.25, 0.3) is 0 Å². The topological polar surface area (TPSA) is 79.8 Å². The Morgan fingerprint density at radius 3 is 2.53 bits per heavy atom. The lowest BCUT2D eigenvalue weighted by molar-refractivity contribution is -0.130. The van der Waals surface area contributed by atoms with Gasteiger partial charge in [0.2, 0.25) is 11.7 Å². The Labute approximate surface area is 177 Å². The van der Waals surface area contributed by atoms with Gasteiger partial charge in [0, 0.05) is 31.2 Å². The van der Waals surface area contributed by atoms with Crippen LogP contribution in [0.3, 0.4) is 0 Å². The third-order valence-corrected chi connectivity index (χ3v) is 5.47. The maximum absolute atomic E-state index is 12.6. The van der Waals surface area contributed by atoms with E-state index < -0.39 is 0 Å². The van der Waals surface area contributed by atoms with Gasteiger partial charge in [-0.1, -0.05) is 23.7 Å². The van der Waals surface area contributed by atoms with Gasteiger partial charge in [-0.25, -0.2) is 0 Å². The van der Waals surface area contributed by atoms with Crippen LogP contribution in [-0.4, -0.2) is 56.8 Å². The average Bonchev–Trinajstić information content (AvgIpc) is 3.44. The van der Waals surface area contributed by atoms with Crippen molar-refractivity contribution in [1.29, 1.82) is 0 Å². The second-order valence-electron chi connectivity index (χ2n) is 7.13. The molecule has 1 fully saturated rings. The number of hydrogen-bond donors (Lipinski definition) is 0. The summed E-state index contributed by atoms with van der Waals surface area (Å²) in [5, 5.41) is 13.7. The molecule has 9 heteroatoms. The number of amides is 1. The first kappa shape index (κ1) is 18.6. The summed E-state index contributed by atoms with van der Waals surface area (Å²) in [5.74, 6) is 2.12. The molecule has 1 aromatic carbocycles. The van der Waals surface area contributed by atoms with E-state index in [4.69, 9.17) is 21.1 Å². The van der Waals surface area contributed by atoms with Gasteiger partial charge in [-0.3, -0.25) is 4.79 Å². The SMILES string of the molecule is O=C(Cc1ccc(Cl)cc1)N1CCN(c2ccc3nnc(-c4ccco4)n3n2)CC1. The summed E-state index contributed by atoms with van der Waals surface area (Å²) in [6, 6.07) is 14.9. The van der Waals surface area contributed by atoms with Gasteiger partial charge in [-0.15, -0.1) is 15.3 Å². The van der Waals surface area contributed by atoms with Gasteiger partial charge < -0.3 is 14.2 Å². The molecule has 0 radical (unpaired) electrons. The molecule has 0 N–H and O–H groups in total. The zero-order valence-electron chi connectivity index (χ0n) is 16.1. The average molecular weight is 423 g/mol. The quantitative estimate of drug-likeness (QED) is 0.503. The van der Waals surface area contributed by atoms with Gasteiger partial charge in [0.1, 0.15) is 5.82 Å². The highest BCUT2D eigenvalue weighted by molar-refractivity contribution is 6.30. The van der Waals surface area contributed by atoms with Crippen LogP contribution in [0.5, 0.6) is 0 Å². The first-order valence-corrected chi connectivity index (χ1v) is 10.1. The molecule has 0 bridgehead atoms. The third-order valence-electron chi connectivity index (χ3n) is 5.22. The lowest BCUT2D eigenvalue weighted by Gasteiger charge is -2.35. The maximum Gasteiger partial charge on any atom is 0.227 e. The molecule has 30 heavy (non-hydrogen) atoms. The molecule has 152 valence electrons. The van der Waals surface area contributed by atoms with Crippen LogP contribution in [0.4, 0.5) is 5.82 Å². The first-order chi connectivity index (χ1) is 14.7. The highest BCUT2D eigenvalue weighted by atomic mass is 35.5. The van der Waals surface area contributed by atoms with Crippen LogP contribution in [0.25, 0.3) is 17.2 Å². The molecule has 1 aliphatic rings. The molecule has 4 aromatic rings. The Morgan fingerprint density at radius 1 is 1.00 bits per heavy atom. The molecule has 0 saturated carbocycles. The number of aromatic nitrogens is 4. The molecule has 3 aromatic heterocycles. The van der Waals surface area contributed by atoms with Crippen molar-refractivity contribution in [2.24, 2.45) is 0 Å². The molecule has 0 unspecified atom stereocenters. The van der Waals surface area contributed by atoms with Crippen LogP contribution in [0.1, 0.15) is 5.56 Å². The Hall–Kier alpha value is -3.39. The molecule has 1 aliphatic heterocycles. The number of benzene rings is 1. The van der Waals surface area contributed by atoms with Crippen molar-refractivity contribution in [2.45, 2.75) is 6.42 Å². The number of carbonyl (C=O) groups is 1. The molecule has 8 nitrogen and oxygen atoms in total. The molecule has 5 rings (SSSR count). The summed E-state index contributed by atoms with van der Waals surface area (Å²) in [7, 11) is 0. The van der Waals surface area contributed by atoms with Crippen molar-refractivity contribution in [1.82, 2.24) is 24.7 Å². The molecule has 0 atom stereocenters. The minimum Gasteiger partial charge on any atom is -0.461 e. The molecule has 0 aliphatic carbocycles. The van der Waals surface area contributed by atoms with Gasteiger partial charge >= 0.3 is 0 Å². The zero-order valence-corrected chi connectivity index (χ0v) is 16.9. The third kappa shape index (κ3) is 3.61. The standard InChI is InChI=1S/C21H19ClN6O2/c22-16-5-3-15(4-6-16)14-20(29)27-11-9-26(10-12-27)19-8-7-18-23-24-21(28(18)25-19)17-2-1-13-30-17/h1-8,13H,9-12,14H2. The summed E-state index contributed by atoms with van der Waals surface area (Å²) < 4.78 is 7.13. The highest BCUT2D eigenvalue weighted by Crippen LogP contribution is 2.21. The lowest BCUT2D eigenvalue weighted by atomic mass is 10.1. The second-order valence-corrected chi connectivity index (χ2v) is 7.57. The Kier molecular flexibility index (Phi) is 4.84. The second kappa shape index (κ2) is 7.79. The van der Waals surface area contributed by atoms with E-state index >= 15 is 0 Å². The summed E-state index contributed by atoms with van der Waals surface area (Å²) in [6.45, 7) is 2.73. The van der Waals surface area contributed by atoms with Gasteiger partial charge in [-0.2, -0.15) is 4.52 Å². The van der Waals surface area contributed by atoms with Crippen LogP contribution in [0, 0.1) is 0 Å². The molecule has 1 saturated heterocycles. The van der Waals surface area contributed by atoms with E-state index in [1.54, 1.807) is 16.8 Å². The number of carbonyl (C=O) groups excluding carboxylic acids is 1. The summed E-state index contributed by atoms with van der Waals surface area (Å²) in [4.78, 5) is 16.7. The monoisotopic (exact) mass is 422 g/mol. The molecular formula is C21H19ClN6O2. The normalized spacial score (nSPS) is 14.4. The van der Waals surface area contributed by atoms with Gasteiger partial charge in [-0.05, 0) is 42.0 Å². The predicted molar refractivity (Wildman–Crippen MR) is 112 cm³/mol. The van der Waals surface area contributed by atoms with E-state index in [1.165, 1.54) is 0 Å². The van der Waals surface area contributed by atoms with E-state index in [1.807, 2.05) is 47.4 Å². The largest absolute Gasteiger partial charge is 0.461 e. The van der Waals surface area contributed by atoms with Crippen LogP contribution in [0.2, 0.25) is 5.02 Å². The van der Waals surface area contributed by atoms with Crippen molar-refractivity contribution in [3.05, 3.63) is 65.4 Å². The Morgan fingerprint density at radius 2 is 1.80 bits per heavy atom. The first-order valence-electron chi connectivity index (χ1n) is 9.71. The minimum absolute atomic E-state index is 0.124. The molecule has 1 amide bonds. The van der Waals surface area contributed by atoms with Gasteiger partial charge in [0.05, 0.1) is 12.7 Å². The van der Waals surface area contributed by atoms with Crippen molar-refractivity contribution < 1.29 is 9.21 Å². The van der Waals surface area contributed by atoms with E-state index in [0.717, 1.165) is 11.4 Å². The number of fused-ring (bicyclic) bond motifs is 1. The molecular weight excluding hydrogens is 404 g/mol. The fraction of sp³-hybridized carbons (Fsp3) is 0.238. The van der Waals surface area contributed by atoms with Gasteiger partial charge in [0.15, 0.2) is 11.4 Å². The minimum atomic E-state index is 0.124. The summed E-state index contributed by atoms with van der Waals surface area (Å²) in [6.07, 6.45) is 1.98. The predicted octanol–water partition coefficient (Wildman–Crippen LogP) is 2.93. The van der Waals surface area contributed by atoms with Crippen LogP contribution in [-0.2, 0) is 11.2 Å². The van der Waals surface area contributed by atoms with Crippen LogP contribution < -0.4 is 4.90 Å². The van der Waals surface area contributed by atoms with E-state index in [9.17, 15) is 4.79 Å². The van der Waals surface area contributed by atoms with Crippen LogP contribution in [0.15, 0.2) is 59.2 Å². The van der Waals surface area contributed by atoms with E-state index in [2.05, 4.69) is 15.1 Å². The Balaban J connectivity index is 1.27. The zero-order chi connectivity index (χ0) is 20.5. The fourth-order valence-electron chi connectivity index (χ4n) is 3.58. The van der Waals surface area contributed by atoms with Crippen molar-refractivity contribution in [2.75, 3.05) is 31.1 Å².